The Kier molecular flexibility index (Phi) is 5.55. The summed E-state index contributed by atoms with van der Waals surface area (Å²) in [5.41, 5.74) is 3.44. The van der Waals surface area contributed by atoms with E-state index < -0.39 is 0 Å². The van der Waals surface area contributed by atoms with E-state index in [0.29, 0.717) is 30.5 Å². The molecule has 96 valence electrons. The first-order chi connectivity index (χ1) is 8.26. The molecule has 4 N–H and O–H groups in total. The molecule has 0 aliphatic carbocycles. The van der Waals surface area contributed by atoms with Crippen LogP contribution in [0.25, 0.3) is 0 Å². The second-order valence-corrected chi connectivity index (χ2v) is 3.32. The zero-order chi connectivity index (χ0) is 12.7. The minimum atomic E-state index is 0.498. The van der Waals surface area contributed by atoms with Crippen molar-refractivity contribution in [3.63, 3.8) is 0 Å². The van der Waals surface area contributed by atoms with Crippen LogP contribution in [0.5, 0.6) is 17.2 Å². The van der Waals surface area contributed by atoms with E-state index in [2.05, 4.69) is 10.7 Å². The first-order valence-corrected chi connectivity index (χ1v) is 5.19. The van der Waals surface area contributed by atoms with Crippen LogP contribution in [0.1, 0.15) is 5.56 Å². The van der Waals surface area contributed by atoms with Gasteiger partial charge in [-0.2, -0.15) is 0 Å². The van der Waals surface area contributed by atoms with Gasteiger partial charge >= 0.3 is 0 Å². The number of hydrazine groups is 1. The second-order valence-electron chi connectivity index (χ2n) is 3.32. The maximum atomic E-state index is 5.31. The molecule has 6 heteroatoms. The number of nitrogens with two attached hydrogens (primary N) is 1. The molecule has 0 bridgehead atoms. The van der Waals surface area contributed by atoms with Crippen LogP contribution in [0.2, 0.25) is 0 Å². The lowest BCUT2D eigenvalue weighted by molar-refractivity contribution is 0.366. The Morgan fingerprint density at radius 1 is 1.06 bits per heavy atom. The van der Waals surface area contributed by atoms with Gasteiger partial charge in [-0.1, -0.05) is 0 Å². The van der Waals surface area contributed by atoms with Gasteiger partial charge in [-0.25, -0.2) is 5.43 Å². The van der Waals surface area contributed by atoms with E-state index in [0.717, 1.165) is 5.56 Å². The molecule has 0 radical (unpaired) electrons. The highest BCUT2D eigenvalue weighted by Gasteiger charge is 2.12. The van der Waals surface area contributed by atoms with E-state index >= 15 is 0 Å². The Hall–Kier alpha value is -1.50. The topological polar surface area (TPSA) is 77.8 Å². The number of rotatable bonds is 7. The van der Waals surface area contributed by atoms with Gasteiger partial charge in [0.25, 0.3) is 0 Å². The van der Waals surface area contributed by atoms with Gasteiger partial charge in [-0.05, 0) is 0 Å². The molecule has 0 unspecified atom stereocenters. The van der Waals surface area contributed by atoms with Gasteiger partial charge < -0.3 is 14.2 Å². The van der Waals surface area contributed by atoms with Crippen molar-refractivity contribution in [3.8, 4) is 17.2 Å². The summed E-state index contributed by atoms with van der Waals surface area (Å²) < 4.78 is 15.8. The number of ether oxygens (including phenoxy) is 3. The van der Waals surface area contributed by atoms with E-state index in [-0.39, 0.29) is 0 Å². The van der Waals surface area contributed by atoms with Crippen LogP contribution in [0.15, 0.2) is 12.1 Å². The molecule has 1 rings (SSSR count). The summed E-state index contributed by atoms with van der Waals surface area (Å²) in [5, 5.41) is 3.10. The Labute approximate surface area is 101 Å². The summed E-state index contributed by atoms with van der Waals surface area (Å²) in [6.07, 6.45) is 0. The molecule has 0 saturated carbocycles. The van der Waals surface area contributed by atoms with E-state index in [1.54, 1.807) is 21.3 Å². The number of benzene rings is 1. The van der Waals surface area contributed by atoms with Crippen LogP contribution >= 0.6 is 0 Å². The molecule has 0 amide bonds. The molecule has 6 nitrogen and oxygen atoms in total. The van der Waals surface area contributed by atoms with Crippen LogP contribution in [-0.4, -0.2) is 28.0 Å². The van der Waals surface area contributed by atoms with Crippen LogP contribution in [0.3, 0.4) is 0 Å². The van der Waals surface area contributed by atoms with Crippen LogP contribution in [-0.2, 0) is 6.54 Å². The number of hydrogen-bond donors (Lipinski definition) is 3. The fourth-order valence-electron chi connectivity index (χ4n) is 1.51. The molecule has 0 saturated heterocycles. The summed E-state index contributed by atoms with van der Waals surface area (Å²) >= 11 is 0. The van der Waals surface area contributed by atoms with Crippen LogP contribution < -0.4 is 30.8 Å². The molecule has 0 aliphatic heterocycles. The molecular formula is C11H19N3O3. The standard InChI is InChI=1S/C11H19N3O3/c1-15-8-4-10(16-2)9(6-13-7-14-12)11(5-8)17-3/h4-5,13-14H,6-7,12H2,1-3H3. The number of methoxy groups -OCH3 is 3. The molecule has 0 fully saturated rings. The summed E-state index contributed by atoms with van der Waals surface area (Å²) in [4.78, 5) is 0. The third-order valence-electron chi connectivity index (χ3n) is 2.35. The Balaban J connectivity index is 2.98. The maximum absolute atomic E-state index is 5.31. The Morgan fingerprint density at radius 3 is 2.06 bits per heavy atom. The smallest absolute Gasteiger partial charge is 0.130 e. The van der Waals surface area contributed by atoms with E-state index in [1.807, 2.05) is 12.1 Å². The minimum Gasteiger partial charge on any atom is -0.496 e. The minimum absolute atomic E-state index is 0.498. The van der Waals surface area contributed by atoms with Crippen LogP contribution in [0, 0.1) is 0 Å². The fourth-order valence-corrected chi connectivity index (χ4v) is 1.51. The van der Waals surface area contributed by atoms with Crippen molar-refractivity contribution >= 4 is 0 Å². The lowest BCUT2D eigenvalue weighted by atomic mass is 10.1. The molecule has 0 aliphatic rings. The van der Waals surface area contributed by atoms with Gasteiger partial charge in [0.05, 0.1) is 33.6 Å². The third kappa shape index (κ3) is 3.48. The molecule has 17 heavy (non-hydrogen) atoms. The molecule has 1 aromatic rings. The van der Waals surface area contributed by atoms with E-state index in [4.69, 9.17) is 20.1 Å². The number of hydrogen-bond acceptors (Lipinski definition) is 6. The van der Waals surface area contributed by atoms with Crippen LogP contribution in [0.4, 0.5) is 0 Å². The van der Waals surface area contributed by atoms with Crippen molar-refractivity contribution in [1.29, 1.82) is 0 Å². The van der Waals surface area contributed by atoms with Crippen molar-refractivity contribution in [2.24, 2.45) is 5.84 Å². The zero-order valence-corrected chi connectivity index (χ0v) is 10.4. The first-order valence-electron chi connectivity index (χ1n) is 5.19. The predicted molar refractivity (Wildman–Crippen MR) is 65.1 cm³/mol. The maximum Gasteiger partial charge on any atom is 0.130 e. The largest absolute Gasteiger partial charge is 0.496 e. The van der Waals surface area contributed by atoms with Gasteiger partial charge in [-0.3, -0.25) is 11.2 Å². The van der Waals surface area contributed by atoms with Gasteiger partial charge in [-0.15, -0.1) is 0 Å². The molecule has 0 atom stereocenters. The lowest BCUT2D eigenvalue weighted by Crippen LogP contribution is -2.33. The van der Waals surface area contributed by atoms with Crippen molar-refractivity contribution in [2.75, 3.05) is 28.0 Å². The third-order valence-corrected chi connectivity index (χ3v) is 2.35. The Morgan fingerprint density at radius 2 is 1.65 bits per heavy atom. The predicted octanol–water partition coefficient (Wildman–Crippen LogP) is 0.223. The van der Waals surface area contributed by atoms with E-state index in [1.165, 1.54) is 0 Å². The molecular weight excluding hydrogens is 222 g/mol. The summed E-state index contributed by atoms with van der Waals surface area (Å²) in [6.45, 7) is 1.08. The van der Waals surface area contributed by atoms with Gasteiger partial charge in [0, 0.05) is 18.7 Å². The van der Waals surface area contributed by atoms with Crippen molar-refractivity contribution in [1.82, 2.24) is 10.7 Å². The molecule has 0 heterocycles. The summed E-state index contributed by atoms with van der Waals surface area (Å²) in [6, 6.07) is 3.63. The average Bonchev–Trinajstić information content (AvgIpc) is 2.38. The second kappa shape index (κ2) is 6.95. The monoisotopic (exact) mass is 241 g/mol. The SMILES string of the molecule is COc1cc(OC)c(CNCNN)c(OC)c1. The first kappa shape index (κ1) is 13.6. The van der Waals surface area contributed by atoms with E-state index in [9.17, 15) is 0 Å². The van der Waals surface area contributed by atoms with Crippen molar-refractivity contribution < 1.29 is 14.2 Å². The van der Waals surface area contributed by atoms with Gasteiger partial charge in [0.1, 0.15) is 17.2 Å². The van der Waals surface area contributed by atoms with Crippen molar-refractivity contribution in [3.05, 3.63) is 17.7 Å². The Bertz CT molecular complexity index is 333. The number of nitrogens with one attached hydrogen (secondary N) is 2. The highest BCUT2D eigenvalue weighted by atomic mass is 16.5. The van der Waals surface area contributed by atoms with Gasteiger partial charge in [0.15, 0.2) is 0 Å². The zero-order valence-electron chi connectivity index (χ0n) is 10.4. The normalized spacial score (nSPS) is 10.1. The fraction of sp³-hybridized carbons (Fsp3) is 0.455. The highest BCUT2D eigenvalue weighted by molar-refractivity contribution is 5.50. The quantitative estimate of drug-likeness (QED) is 0.274. The molecule has 1 aromatic carbocycles. The summed E-state index contributed by atoms with van der Waals surface area (Å²) in [7, 11) is 4.82. The molecule has 0 aromatic heterocycles. The molecule has 0 spiro atoms. The lowest BCUT2D eigenvalue weighted by Gasteiger charge is -2.15. The summed E-state index contributed by atoms with van der Waals surface area (Å²) in [5.74, 6) is 7.31. The van der Waals surface area contributed by atoms with Gasteiger partial charge in [0.2, 0.25) is 0 Å². The van der Waals surface area contributed by atoms with Crippen molar-refractivity contribution in [2.45, 2.75) is 6.54 Å². The average molecular weight is 241 g/mol. The highest BCUT2D eigenvalue weighted by Crippen LogP contribution is 2.33.